The summed E-state index contributed by atoms with van der Waals surface area (Å²) < 4.78 is 0. The molecule has 0 bridgehead atoms. The van der Waals surface area contributed by atoms with Crippen LogP contribution in [0.2, 0.25) is 5.02 Å². The largest absolute Gasteiger partial charge is 0.305 e. The molecular formula is C15H18ClN3. The van der Waals surface area contributed by atoms with Crippen LogP contribution in [-0.2, 0) is 0 Å². The van der Waals surface area contributed by atoms with E-state index < -0.39 is 0 Å². The number of halogens is 1. The van der Waals surface area contributed by atoms with Gasteiger partial charge in [-0.3, -0.25) is 9.97 Å². The van der Waals surface area contributed by atoms with Crippen molar-refractivity contribution in [2.75, 3.05) is 6.54 Å². The van der Waals surface area contributed by atoms with E-state index in [1.807, 2.05) is 32.2 Å². The minimum atomic E-state index is 0.0243. The predicted molar refractivity (Wildman–Crippen MR) is 78.5 cm³/mol. The summed E-state index contributed by atoms with van der Waals surface area (Å²) in [6.07, 6.45) is 3.60. The molecule has 0 radical (unpaired) electrons. The molecule has 0 aliphatic rings. The molecule has 0 fully saturated rings. The molecule has 1 heterocycles. The Morgan fingerprint density at radius 3 is 2.58 bits per heavy atom. The Kier molecular flexibility index (Phi) is 4.51. The van der Waals surface area contributed by atoms with Gasteiger partial charge in [-0.2, -0.15) is 0 Å². The van der Waals surface area contributed by atoms with Crippen LogP contribution in [0.5, 0.6) is 0 Å². The van der Waals surface area contributed by atoms with Crippen LogP contribution in [0, 0.1) is 13.8 Å². The highest BCUT2D eigenvalue weighted by atomic mass is 35.5. The topological polar surface area (TPSA) is 37.8 Å². The standard InChI is InChI=1S/C15H18ClN3/c1-4-17-15(14-9-18-11(3)8-19-14)12-6-5-10(2)13(16)7-12/h5-9,15,17H,4H2,1-3H3. The molecule has 0 saturated carbocycles. The molecule has 19 heavy (non-hydrogen) atoms. The molecule has 0 spiro atoms. The lowest BCUT2D eigenvalue weighted by molar-refractivity contribution is 0.612. The Hall–Kier alpha value is -1.45. The molecule has 2 rings (SSSR count). The van der Waals surface area contributed by atoms with Crippen LogP contribution < -0.4 is 5.32 Å². The van der Waals surface area contributed by atoms with E-state index >= 15 is 0 Å². The van der Waals surface area contributed by atoms with E-state index in [0.29, 0.717) is 0 Å². The van der Waals surface area contributed by atoms with Crippen LogP contribution in [0.25, 0.3) is 0 Å². The summed E-state index contributed by atoms with van der Waals surface area (Å²) in [6.45, 7) is 6.86. The molecule has 3 nitrogen and oxygen atoms in total. The first-order valence-corrected chi connectivity index (χ1v) is 6.77. The van der Waals surface area contributed by atoms with Crippen LogP contribution in [-0.4, -0.2) is 16.5 Å². The minimum absolute atomic E-state index is 0.0243. The van der Waals surface area contributed by atoms with Crippen LogP contribution >= 0.6 is 11.6 Å². The molecule has 1 N–H and O–H groups in total. The summed E-state index contributed by atoms with van der Waals surface area (Å²) in [4.78, 5) is 8.77. The van der Waals surface area contributed by atoms with E-state index in [2.05, 4.69) is 28.3 Å². The monoisotopic (exact) mass is 275 g/mol. The Balaban J connectivity index is 2.38. The summed E-state index contributed by atoms with van der Waals surface area (Å²) in [5.74, 6) is 0. The zero-order valence-electron chi connectivity index (χ0n) is 11.4. The molecule has 1 atom stereocenters. The Bertz CT molecular complexity index is 552. The van der Waals surface area contributed by atoms with Crippen molar-refractivity contribution >= 4 is 11.6 Å². The van der Waals surface area contributed by atoms with Gasteiger partial charge in [0.2, 0.25) is 0 Å². The van der Waals surface area contributed by atoms with Crippen molar-refractivity contribution in [2.45, 2.75) is 26.8 Å². The SMILES string of the molecule is CCNC(c1ccc(C)c(Cl)c1)c1cnc(C)cn1. The lowest BCUT2D eigenvalue weighted by Gasteiger charge is -2.18. The first kappa shape index (κ1) is 14.0. The van der Waals surface area contributed by atoms with E-state index in [1.54, 1.807) is 6.20 Å². The molecule has 0 aliphatic carbocycles. The van der Waals surface area contributed by atoms with E-state index in [9.17, 15) is 0 Å². The Labute approximate surface area is 119 Å². The molecular weight excluding hydrogens is 258 g/mol. The average Bonchev–Trinajstić information content (AvgIpc) is 2.41. The van der Waals surface area contributed by atoms with Gasteiger partial charge in [-0.15, -0.1) is 0 Å². The first-order chi connectivity index (χ1) is 9.11. The highest BCUT2D eigenvalue weighted by Crippen LogP contribution is 2.25. The van der Waals surface area contributed by atoms with Gasteiger partial charge >= 0.3 is 0 Å². The van der Waals surface area contributed by atoms with Crippen molar-refractivity contribution in [2.24, 2.45) is 0 Å². The third kappa shape index (κ3) is 3.31. The van der Waals surface area contributed by atoms with E-state index in [-0.39, 0.29) is 6.04 Å². The molecule has 2 aromatic rings. The smallest absolute Gasteiger partial charge is 0.0801 e. The highest BCUT2D eigenvalue weighted by Gasteiger charge is 2.15. The number of nitrogens with zero attached hydrogens (tertiary/aromatic N) is 2. The predicted octanol–water partition coefficient (Wildman–Crippen LogP) is 3.45. The van der Waals surface area contributed by atoms with E-state index in [1.165, 1.54) is 0 Å². The number of rotatable bonds is 4. The number of aryl methyl sites for hydroxylation is 2. The first-order valence-electron chi connectivity index (χ1n) is 6.39. The lowest BCUT2D eigenvalue weighted by Crippen LogP contribution is -2.23. The van der Waals surface area contributed by atoms with E-state index in [0.717, 1.165) is 34.1 Å². The fourth-order valence-electron chi connectivity index (χ4n) is 1.94. The normalized spacial score (nSPS) is 12.4. The lowest BCUT2D eigenvalue weighted by atomic mass is 10.0. The molecule has 0 amide bonds. The number of aromatic nitrogens is 2. The van der Waals surface area contributed by atoms with Crippen molar-refractivity contribution in [3.05, 3.63) is 58.1 Å². The summed E-state index contributed by atoms with van der Waals surface area (Å²) in [6, 6.07) is 6.13. The second kappa shape index (κ2) is 6.13. The van der Waals surface area contributed by atoms with Gasteiger partial charge < -0.3 is 5.32 Å². The maximum absolute atomic E-state index is 6.21. The van der Waals surface area contributed by atoms with Crippen molar-refractivity contribution in [3.63, 3.8) is 0 Å². The van der Waals surface area contributed by atoms with Crippen molar-refractivity contribution in [1.82, 2.24) is 15.3 Å². The van der Waals surface area contributed by atoms with Crippen molar-refractivity contribution < 1.29 is 0 Å². The van der Waals surface area contributed by atoms with E-state index in [4.69, 9.17) is 11.6 Å². The van der Waals surface area contributed by atoms with Gasteiger partial charge in [-0.1, -0.05) is 30.7 Å². The summed E-state index contributed by atoms with van der Waals surface area (Å²) in [5.41, 5.74) is 4.01. The average molecular weight is 276 g/mol. The summed E-state index contributed by atoms with van der Waals surface area (Å²) in [7, 11) is 0. The van der Waals surface area contributed by atoms with Crippen LogP contribution in [0.4, 0.5) is 0 Å². The Morgan fingerprint density at radius 1 is 1.21 bits per heavy atom. The Morgan fingerprint density at radius 2 is 2.00 bits per heavy atom. The van der Waals surface area contributed by atoms with Gasteiger partial charge in [-0.05, 0) is 37.6 Å². The highest BCUT2D eigenvalue weighted by molar-refractivity contribution is 6.31. The van der Waals surface area contributed by atoms with Gasteiger partial charge in [0.25, 0.3) is 0 Å². The maximum Gasteiger partial charge on any atom is 0.0801 e. The molecule has 4 heteroatoms. The molecule has 100 valence electrons. The number of hydrogen-bond donors (Lipinski definition) is 1. The van der Waals surface area contributed by atoms with Crippen LogP contribution in [0.15, 0.2) is 30.6 Å². The van der Waals surface area contributed by atoms with Crippen LogP contribution in [0.1, 0.15) is 35.5 Å². The molecule has 0 aliphatic heterocycles. The van der Waals surface area contributed by atoms with Gasteiger partial charge in [0.1, 0.15) is 0 Å². The van der Waals surface area contributed by atoms with Gasteiger partial charge in [0, 0.05) is 11.2 Å². The van der Waals surface area contributed by atoms with Gasteiger partial charge in [0.05, 0.1) is 23.6 Å². The number of benzene rings is 1. The summed E-state index contributed by atoms with van der Waals surface area (Å²) >= 11 is 6.21. The second-order valence-corrected chi connectivity index (χ2v) is 4.99. The zero-order valence-corrected chi connectivity index (χ0v) is 12.2. The fourth-order valence-corrected chi connectivity index (χ4v) is 2.13. The number of nitrogens with one attached hydrogen (secondary N) is 1. The minimum Gasteiger partial charge on any atom is -0.305 e. The third-order valence-corrected chi connectivity index (χ3v) is 3.44. The molecule has 0 saturated heterocycles. The summed E-state index contributed by atoms with van der Waals surface area (Å²) in [5, 5.41) is 4.20. The van der Waals surface area contributed by atoms with Gasteiger partial charge in [0.15, 0.2) is 0 Å². The second-order valence-electron chi connectivity index (χ2n) is 4.58. The van der Waals surface area contributed by atoms with Crippen molar-refractivity contribution in [3.8, 4) is 0 Å². The molecule has 1 aromatic carbocycles. The van der Waals surface area contributed by atoms with Crippen molar-refractivity contribution in [1.29, 1.82) is 0 Å². The number of hydrogen-bond acceptors (Lipinski definition) is 3. The fraction of sp³-hybridized carbons (Fsp3) is 0.333. The molecule has 1 aromatic heterocycles. The third-order valence-electron chi connectivity index (χ3n) is 3.03. The maximum atomic E-state index is 6.21. The zero-order chi connectivity index (χ0) is 13.8. The van der Waals surface area contributed by atoms with Gasteiger partial charge in [-0.25, -0.2) is 0 Å². The quantitative estimate of drug-likeness (QED) is 0.929. The molecule has 1 unspecified atom stereocenters. The van der Waals surface area contributed by atoms with Crippen LogP contribution in [0.3, 0.4) is 0 Å².